The van der Waals surface area contributed by atoms with Crippen molar-refractivity contribution in [3.05, 3.63) is 71.3 Å². The van der Waals surface area contributed by atoms with Gasteiger partial charge in [0, 0.05) is 19.5 Å². The second-order valence-corrected chi connectivity index (χ2v) is 6.54. The zero-order chi connectivity index (χ0) is 19.2. The molecule has 27 heavy (non-hydrogen) atoms. The van der Waals surface area contributed by atoms with Gasteiger partial charge in [-0.15, -0.1) is 0 Å². The van der Waals surface area contributed by atoms with E-state index in [-0.39, 0.29) is 31.2 Å². The van der Waals surface area contributed by atoms with Gasteiger partial charge in [-0.3, -0.25) is 9.59 Å². The van der Waals surface area contributed by atoms with Crippen LogP contribution >= 0.6 is 0 Å². The van der Waals surface area contributed by atoms with Crippen LogP contribution in [-0.2, 0) is 27.2 Å². The summed E-state index contributed by atoms with van der Waals surface area (Å²) in [6.45, 7) is 0.555. The highest BCUT2D eigenvalue weighted by Gasteiger charge is 2.35. The molecule has 0 saturated carbocycles. The van der Waals surface area contributed by atoms with Crippen molar-refractivity contribution in [2.75, 3.05) is 13.1 Å². The third-order valence-corrected chi connectivity index (χ3v) is 4.71. The fraction of sp³-hybridized carbons (Fsp3) is 0.286. The first-order valence-corrected chi connectivity index (χ1v) is 8.97. The van der Waals surface area contributed by atoms with E-state index in [1.807, 2.05) is 42.5 Å². The van der Waals surface area contributed by atoms with Crippen LogP contribution < -0.4 is 5.32 Å². The Bertz CT molecular complexity index is 835. The molecular weight excluding hydrogens is 344 g/mol. The molecule has 6 heteroatoms. The summed E-state index contributed by atoms with van der Waals surface area (Å²) >= 11 is 0. The number of rotatable bonds is 6. The van der Waals surface area contributed by atoms with E-state index in [9.17, 15) is 19.5 Å². The standard InChI is InChI=1S/C21H22N2O4/c24-18(14-15-6-2-1-3-7-15)22-12-10-19(25)23-13-11-16-8-4-5-9-17(16)20(23)21(26)27/h1-9,20H,10-14H2,(H,22,24)(H,26,27). The van der Waals surface area contributed by atoms with Gasteiger partial charge in [0.25, 0.3) is 0 Å². The van der Waals surface area contributed by atoms with E-state index in [0.29, 0.717) is 18.5 Å². The van der Waals surface area contributed by atoms with Gasteiger partial charge in [0.05, 0.1) is 6.42 Å². The van der Waals surface area contributed by atoms with Crippen LogP contribution in [0.2, 0.25) is 0 Å². The summed E-state index contributed by atoms with van der Waals surface area (Å²) in [5, 5.41) is 12.3. The SMILES string of the molecule is O=C(Cc1ccccc1)NCCC(=O)N1CCc2ccccc2C1C(=O)O. The molecule has 1 heterocycles. The average Bonchev–Trinajstić information content (AvgIpc) is 2.67. The van der Waals surface area contributed by atoms with Crippen molar-refractivity contribution in [2.45, 2.75) is 25.3 Å². The van der Waals surface area contributed by atoms with Gasteiger partial charge in [-0.25, -0.2) is 4.79 Å². The van der Waals surface area contributed by atoms with Gasteiger partial charge in [-0.1, -0.05) is 54.6 Å². The molecule has 0 aromatic heterocycles. The maximum Gasteiger partial charge on any atom is 0.331 e. The van der Waals surface area contributed by atoms with Gasteiger partial charge in [-0.2, -0.15) is 0 Å². The highest BCUT2D eigenvalue weighted by atomic mass is 16.4. The molecule has 0 fully saturated rings. The lowest BCUT2D eigenvalue weighted by molar-refractivity contribution is -0.151. The Kier molecular flexibility index (Phi) is 5.86. The summed E-state index contributed by atoms with van der Waals surface area (Å²) in [6.07, 6.45) is 0.961. The number of hydrogen-bond donors (Lipinski definition) is 2. The van der Waals surface area contributed by atoms with Crippen molar-refractivity contribution in [3.63, 3.8) is 0 Å². The van der Waals surface area contributed by atoms with E-state index in [2.05, 4.69) is 5.32 Å². The summed E-state index contributed by atoms with van der Waals surface area (Å²) in [4.78, 5) is 37.7. The molecule has 1 atom stereocenters. The molecular formula is C21H22N2O4. The number of fused-ring (bicyclic) bond motifs is 1. The first-order valence-electron chi connectivity index (χ1n) is 8.97. The van der Waals surface area contributed by atoms with Gasteiger partial charge in [0.2, 0.25) is 11.8 Å². The normalized spacial score (nSPS) is 15.7. The number of aliphatic carboxylic acids is 1. The molecule has 1 unspecified atom stereocenters. The van der Waals surface area contributed by atoms with Gasteiger partial charge >= 0.3 is 5.97 Å². The van der Waals surface area contributed by atoms with Crippen molar-refractivity contribution in [3.8, 4) is 0 Å². The Morgan fingerprint density at radius 3 is 2.48 bits per heavy atom. The van der Waals surface area contributed by atoms with Crippen LogP contribution in [0.5, 0.6) is 0 Å². The maximum absolute atomic E-state index is 12.6. The van der Waals surface area contributed by atoms with E-state index in [0.717, 1.165) is 11.1 Å². The minimum Gasteiger partial charge on any atom is -0.479 e. The molecule has 0 radical (unpaired) electrons. The average molecular weight is 366 g/mol. The van der Waals surface area contributed by atoms with E-state index < -0.39 is 12.0 Å². The van der Waals surface area contributed by atoms with Crippen molar-refractivity contribution in [1.82, 2.24) is 10.2 Å². The largest absolute Gasteiger partial charge is 0.479 e. The zero-order valence-corrected chi connectivity index (χ0v) is 14.9. The van der Waals surface area contributed by atoms with Crippen molar-refractivity contribution in [1.29, 1.82) is 0 Å². The zero-order valence-electron chi connectivity index (χ0n) is 14.9. The van der Waals surface area contributed by atoms with Crippen LogP contribution in [0.3, 0.4) is 0 Å². The minimum absolute atomic E-state index is 0.0759. The van der Waals surface area contributed by atoms with Gasteiger partial charge in [0.1, 0.15) is 0 Å². The lowest BCUT2D eigenvalue weighted by Crippen LogP contribution is -2.44. The first kappa shape index (κ1) is 18.6. The Morgan fingerprint density at radius 2 is 1.74 bits per heavy atom. The van der Waals surface area contributed by atoms with Gasteiger partial charge < -0.3 is 15.3 Å². The Balaban J connectivity index is 1.56. The smallest absolute Gasteiger partial charge is 0.331 e. The van der Waals surface area contributed by atoms with E-state index in [1.54, 1.807) is 12.1 Å². The highest BCUT2D eigenvalue weighted by Crippen LogP contribution is 2.30. The second-order valence-electron chi connectivity index (χ2n) is 6.54. The fourth-order valence-corrected chi connectivity index (χ4v) is 3.40. The maximum atomic E-state index is 12.6. The molecule has 1 aliphatic heterocycles. The molecule has 2 aromatic carbocycles. The molecule has 2 aromatic rings. The lowest BCUT2D eigenvalue weighted by Gasteiger charge is -2.34. The topological polar surface area (TPSA) is 86.7 Å². The van der Waals surface area contributed by atoms with Crippen molar-refractivity contribution in [2.24, 2.45) is 0 Å². The van der Waals surface area contributed by atoms with Crippen LogP contribution in [0.1, 0.15) is 29.2 Å². The van der Waals surface area contributed by atoms with Crippen molar-refractivity contribution >= 4 is 17.8 Å². The van der Waals surface area contributed by atoms with Crippen LogP contribution in [-0.4, -0.2) is 40.9 Å². The third kappa shape index (κ3) is 4.53. The monoisotopic (exact) mass is 366 g/mol. The summed E-state index contributed by atoms with van der Waals surface area (Å²) in [6, 6.07) is 15.7. The number of nitrogens with one attached hydrogen (secondary N) is 1. The summed E-state index contributed by atoms with van der Waals surface area (Å²) in [5.74, 6) is -1.46. The summed E-state index contributed by atoms with van der Waals surface area (Å²) in [7, 11) is 0. The second kappa shape index (κ2) is 8.49. The van der Waals surface area contributed by atoms with E-state index in [4.69, 9.17) is 0 Å². The summed E-state index contributed by atoms with van der Waals surface area (Å²) < 4.78 is 0. The molecule has 1 aliphatic rings. The number of benzene rings is 2. The molecule has 0 aliphatic carbocycles. The number of hydrogen-bond acceptors (Lipinski definition) is 3. The van der Waals surface area contributed by atoms with Crippen molar-refractivity contribution < 1.29 is 19.5 Å². The molecule has 0 bridgehead atoms. The number of amides is 2. The number of carbonyl (C=O) groups is 3. The molecule has 2 amide bonds. The minimum atomic E-state index is -1.04. The Morgan fingerprint density at radius 1 is 1.04 bits per heavy atom. The molecule has 6 nitrogen and oxygen atoms in total. The first-order chi connectivity index (χ1) is 13.1. The number of carboxylic acid groups (broad SMARTS) is 1. The molecule has 3 rings (SSSR count). The lowest BCUT2D eigenvalue weighted by atomic mass is 9.92. The highest BCUT2D eigenvalue weighted by molar-refractivity contribution is 5.86. The van der Waals surface area contributed by atoms with Crippen LogP contribution in [0.4, 0.5) is 0 Å². The third-order valence-electron chi connectivity index (χ3n) is 4.71. The van der Waals surface area contributed by atoms with Gasteiger partial charge in [0.15, 0.2) is 6.04 Å². The van der Waals surface area contributed by atoms with E-state index >= 15 is 0 Å². The molecule has 0 saturated heterocycles. The number of carboxylic acids is 1. The quantitative estimate of drug-likeness (QED) is 0.818. The molecule has 140 valence electrons. The van der Waals surface area contributed by atoms with Gasteiger partial charge in [-0.05, 0) is 23.1 Å². The van der Waals surface area contributed by atoms with Crippen LogP contribution in [0.25, 0.3) is 0 Å². The molecule has 2 N–H and O–H groups in total. The fourth-order valence-electron chi connectivity index (χ4n) is 3.40. The predicted octanol–water partition coefficient (Wildman–Crippen LogP) is 1.95. The van der Waals surface area contributed by atoms with Crippen LogP contribution in [0, 0.1) is 0 Å². The summed E-state index contributed by atoms with van der Waals surface area (Å²) in [5.41, 5.74) is 2.53. The Labute approximate surface area is 157 Å². The number of nitrogens with zero attached hydrogens (tertiary/aromatic N) is 1. The van der Waals surface area contributed by atoms with Crippen LogP contribution in [0.15, 0.2) is 54.6 Å². The predicted molar refractivity (Wildman–Crippen MR) is 100 cm³/mol. The van der Waals surface area contributed by atoms with E-state index in [1.165, 1.54) is 4.90 Å². The molecule has 0 spiro atoms. The Hall–Kier alpha value is -3.15. The number of carbonyl (C=O) groups excluding carboxylic acids is 2.